The second-order valence-electron chi connectivity index (χ2n) is 5.62. The number of carbonyl (C=O) groups is 1. The molecule has 4 heteroatoms. The van der Waals surface area contributed by atoms with Gasteiger partial charge in [-0.05, 0) is 36.9 Å². The molecule has 1 N–H and O–H groups in total. The minimum atomic E-state index is 0.0812. The van der Waals surface area contributed by atoms with E-state index >= 15 is 0 Å². The number of nitrogens with zero attached hydrogens (tertiary/aromatic N) is 1. The van der Waals surface area contributed by atoms with Crippen molar-refractivity contribution in [3.63, 3.8) is 0 Å². The Labute approximate surface area is 127 Å². The van der Waals surface area contributed by atoms with Crippen molar-refractivity contribution in [1.82, 2.24) is 10.2 Å². The number of carbonyl (C=O) groups excluding carboxylic acids is 1. The van der Waals surface area contributed by atoms with E-state index in [1.165, 1.54) is 5.56 Å². The van der Waals surface area contributed by atoms with Crippen LogP contribution in [0, 0.1) is 0 Å². The molecule has 2 rings (SSSR count). The lowest BCUT2D eigenvalue weighted by Crippen LogP contribution is -2.37. The average Bonchev–Trinajstić information content (AvgIpc) is 2.81. The summed E-state index contributed by atoms with van der Waals surface area (Å²) in [5.74, 6) is 1.37. The van der Waals surface area contributed by atoms with Crippen molar-refractivity contribution in [1.29, 1.82) is 0 Å². The van der Waals surface area contributed by atoms with Crippen LogP contribution >= 0.6 is 0 Å². The van der Waals surface area contributed by atoms with E-state index in [0.717, 1.165) is 44.8 Å². The van der Waals surface area contributed by atoms with E-state index in [2.05, 4.69) is 25.2 Å². The molecule has 1 aliphatic heterocycles. The van der Waals surface area contributed by atoms with Gasteiger partial charge >= 0.3 is 0 Å². The third kappa shape index (κ3) is 4.46. The molecule has 1 aromatic carbocycles. The first-order valence-corrected chi connectivity index (χ1v) is 7.92. The predicted octanol–water partition coefficient (Wildman–Crippen LogP) is 2.40. The summed E-state index contributed by atoms with van der Waals surface area (Å²) in [4.78, 5) is 14.1. The Morgan fingerprint density at radius 2 is 2.14 bits per heavy atom. The molecule has 0 radical (unpaired) electrons. The monoisotopic (exact) mass is 290 g/mol. The molecule has 4 nitrogen and oxygen atoms in total. The van der Waals surface area contributed by atoms with Gasteiger partial charge in [0.2, 0.25) is 0 Å². The normalized spacial score (nSPS) is 17.1. The molecule has 1 aliphatic rings. The molecule has 1 fully saturated rings. The van der Waals surface area contributed by atoms with E-state index in [9.17, 15) is 4.79 Å². The van der Waals surface area contributed by atoms with Gasteiger partial charge in [0, 0.05) is 19.6 Å². The number of hydrogen-bond acceptors (Lipinski definition) is 3. The lowest BCUT2D eigenvalue weighted by molar-refractivity contribution is -0.133. The molecule has 0 aliphatic carbocycles. The summed E-state index contributed by atoms with van der Waals surface area (Å²) in [6.07, 6.45) is 2.07. The third-order valence-electron chi connectivity index (χ3n) is 4.11. The zero-order valence-corrected chi connectivity index (χ0v) is 13.1. The maximum atomic E-state index is 12.2. The number of ether oxygens (including phenoxy) is 1. The molecular weight excluding hydrogens is 264 g/mol. The van der Waals surface area contributed by atoms with E-state index in [4.69, 9.17) is 4.74 Å². The molecule has 0 spiro atoms. The smallest absolute Gasteiger partial charge is 0.260 e. The lowest BCUT2D eigenvalue weighted by atomic mass is 9.98. The largest absolute Gasteiger partial charge is 0.483 e. The maximum Gasteiger partial charge on any atom is 0.260 e. The van der Waals surface area contributed by atoms with Crippen LogP contribution in [0.1, 0.15) is 38.2 Å². The van der Waals surface area contributed by atoms with Crippen molar-refractivity contribution in [2.24, 2.45) is 0 Å². The van der Waals surface area contributed by atoms with Crippen molar-refractivity contribution in [3.8, 4) is 5.75 Å². The second-order valence-corrected chi connectivity index (χ2v) is 5.62. The van der Waals surface area contributed by atoms with Gasteiger partial charge < -0.3 is 15.0 Å². The summed E-state index contributed by atoms with van der Waals surface area (Å²) < 4.78 is 5.80. The maximum absolute atomic E-state index is 12.2. The zero-order valence-electron chi connectivity index (χ0n) is 13.1. The Balaban J connectivity index is 1.94. The van der Waals surface area contributed by atoms with E-state index in [0.29, 0.717) is 5.92 Å². The quantitative estimate of drug-likeness (QED) is 0.905. The van der Waals surface area contributed by atoms with E-state index in [1.807, 2.05) is 23.1 Å². The van der Waals surface area contributed by atoms with Crippen molar-refractivity contribution in [2.45, 2.75) is 32.6 Å². The van der Waals surface area contributed by atoms with Crippen LogP contribution in [0.25, 0.3) is 0 Å². The molecule has 116 valence electrons. The summed E-state index contributed by atoms with van der Waals surface area (Å²) in [5.41, 5.74) is 1.19. The summed E-state index contributed by atoms with van der Waals surface area (Å²) >= 11 is 0. The molecular formula is C17H26N2O2. The average molecular weight is 290 g/mol. The van der Waals surface area contributed by atoms with Crippen molar-refractivity contribution in [3.05, 3.63) is 29.8 Å². The predicted molar refractivity (Wildman–Crippen MR) is 84.7 cm³/mol. The molecule has 1 amide bonds. The van der Waals surface area contributed by atoms with Crippen molar-refractivity contribution in [2.75, 3.05) is 32.8 Å². The number of benzene rings is 1. The highest BCUT2D eigenvalue weighted by Gasteiger charge is 2.17. The second kappa shape index (κ2) is 8.03. The number of hydrogen-bond donors (Lipinski definition) is 1. The highest BCUT2D eigenvalue weighted by molar-refractivity contribution is 5.77. The topological polar surface area (TPSA) is 41.6 Å². The number of para-hydroxylation sites is 1. The summed E-state index contributed by atoms with van der Waals surface area (Å²) in [5, 5.41) is 3.30. The van der Waals surface area contributed by atoms with Crippen LogP contribution in [0.3, 0.4) is 0 Å². The molecule has 1 aromatic rings. The van der Waals surface area contributed by atoms with Gasteiger partial charge in [0.1, 0.15) is 5.75 Å². The fourth-order valence-electron chi connectivity index (χ4n) is 2.56. The molecule has 0 saturated carbocycles. The third-order valence-corrected chi connectivity index (χ3v) is 4.11. The Bertz CT molecular complexity index is 454. The highest BCUT2D eigenvalue weighted by atomic mass is 16.5. The molecule has 0 bridgehead atoms. The van der Waals surface area contributed by atoms with Gasteiger partial charge in [0.25, 0.3) is 5.91 Å². The molecule has 1 atom stereocenters. The number of amides is 1. The summed E-state index contributed by atoms with van der Waals surface area (Å²) in [6.45, 7) is 7.93. The van der Waals surface area contributed by atoms with Crippen LogP contribution in [-0.4, -0.2) is 43.6 Å². The van der Waals surface area contributed by atoms with Crippen LogP contribution in [0.15, 0.2) is 24.3 Å². The first kappa shape index (κ1) is 15.8. The van der Waals surface area contributed by atoms with Gasteiger partial charge in [-0.25, -0.2) is 0 Å². The standard InChI is InChI=1S/C17H26N2O2/c1-3-14(2)15-7-4-5-8-16(15)21-13-17(20)19-11-6-9-18-10-12-19/h4-5,7-8,14,18H,3,6,9-13H2,1-2H3. The Morgan fingerprint density at radius 3 is 2.95 bits per heavy atom. The SMILES string of the molecule is CCC(C)c1ccccc1OCC(=O)N1CCCNCC1. The van der Waals surface area contributed by atoms with Crippen LogP contribution in [0.5, 0.6) is 5.75 Å². The molecule has 1 unspecified atom stereocenters. The summed E-state index contributed by atoms with van der Waals surface area (Å²) in [7, 11) is 0. The van der Waals surface area contributed by atoms with Crippen LogP contribution in [0.2, 0.25) is 0 Å². The van der Waals surface area contributed by atoms with E-state index < -0.39 is 0 Å². The summed E-state index contributed by atoms with van der Waals surface area (Å²) in [6, 6.07) is 8.03. The fraction of sp³-hybridized carbons (Fsp3) is 0.588. The van der Waals surface area contributed by atoms with E-state index in [1.54, 1.807) is 0 Å². The molecule has 0 aromatic heterocycles. The Kier molecular flexibility index (Phi) is 6.05. The minimum Gasteiger partial charge on any atom is -0.483 e. The van der Waals surface area contributed by atoms with Crippen LogP contribution in [0.4, 0.5) is 0 Å². The van der Waals surface area contributed by atoms with Gasteiger partial charge in [0.15, 0.2) is 6.61 Å². The first-order chi connectivity index (χ1) is 10.2. The van der Waals surface area contributed by atoms with Crippen LogP contribution < -0.4 is 10.1 Å². The van der Waals surface area contributed by atoms with Crippen LogP contribution in [-0.2, 0) is 4.79 Å². The van der Waals surface area contributed by atoms with Gasteiger partial charge in [-0.2, -0.15) is 0 Å². The minimum absolute atomic E-state index is 0.0812. The zero-order chi connectivity index (χ0) is 15.1. The molecule has 21 heavy (non-hydrogen) atoms. The van der Waals surface area contributed by atoms with Crippen molar-refractivity contribution < 1.29 is 9.53 Å². The van der Waals surface area contributed by atoms with Gasteiger partial charge in [-0.3, -0.25) is 4.79 Å². The number of nitrogens with one attached hydrogen (secondary N) is 1. The van der Waals surface area contributed by atoms with E-state index in [-0.39, 0.29) is 12.5 Å². The number of rotatable bonds is 5. The fourth-order valence-corrected chi connectivity index (χ4v) is 2.56. The molecule has 1 heterocycles. The van der Waals surface area contributed by atoms with Gasteiger partial charge in [-0.1, -0.05) is 32.0 Å². The van der Waals surface area contributed by atoms with Gasteiger partial charge in [-0.15, -0.1) is 0 Å². The van der Waals surface area contributed by atoms with Gasteiger partial charge in [0.05, 0.1) is 0 Å². The molecule has 1 saturated heterocycles. The highest BCUT2D eigenvalue weighted by Crippen LogP contribution is 2.28. The lowest BCUT2D eigenvalue weighted by Gasteiger charge is -2.21. The first-order valence-electron chi connectivity index (χ1n) is 7.92. The van der Waals surface area contributed by atoms with Crippen molar-refractivity contribution >= 4 is 5.91 Å². The Hall–Kier alpha value is -1.55. The Morgan fingerprint density at radius 1 is 1.33 bits per heavy atom.